The Labute approximate surface area is 50.1 Å². The van der Waals surface area contributed by atoms with Crippen molar-refractivity contribution in [1.82, 2.24) is 0 Å². The molecule has 0 N–H and O–H groups in total. The van der Waals surface area contributed by atoms with Crippen molar-refractivity contribution in [1.29, 1.82) is 0 Å². The third-order valence-corrected chi connectivity index (χ3v) is 0. The molecule has 0 aliphatic heterocycles. The molecule has 0 bridgehead atoms. The van der Waals surface area contributed by atoms with E-state index in [1.54, 1.807) is 0 Å². The maximum Gasteiger partial charge on any atom is 4.00 e. The Morgan fingerprint density at radius 1 is 1.33 bits per heavy atom. The smallest absolute Gasteiger partial charge is 0.652 e. The van der Waals surface area contributed by atoms with E-state index < -0.39 is 6.16 Å². The van der Waals surface area contributed by atoms with E-state index in [4.69, 9.17) is 15.0 Å². The van der Waals surface area contributed by atoms with E-state index in [1.165, 1.54) is 0 Å². The maximum atomic E-state index is 8.33. The summed E-state index contributed by atoms with van der Waals surface area (Å²) in [6.07, 6.45) is -2.33. The predicted molar refractivity (Wildman–Crippen MR) is 16.9 cm³/mol. The minimum Gasteiger partial charge on any atom is -0.652 e. The standard InChI is InChI=1S/CH2O3.Al.Si/c2-1(3)4;;/h(H2,2,3,4);;/q;+3;+4/p-2. The van der Waals surface area contributed by atoms with Gasteiger partial charge in [-0.25, -0.2) is 0 Å². The topological polar surface area (TPSA) is 63.2 Å². The molecule has 5 heteroatoms. The molecule has 0 heterocycles. The largest absolute Gasteiger partial charge is 4.00 e. The number of rotatable bonds is 0. The average Bonchev–Trinajstić information content (AvgIpc) is 0.811. The fourth-order valence-corrected chi connectivity index (χ4v) is 0. The molecule has 0 rings (SSSR count). The first-order valence-electron chi connectivity index (χ1n) is 0.612. The van der Waals surface area contributed by atoms with Crippen LogP contribution >= 0.6 is 0 Å². The summed E-state index contributed by atoms with van der Waals surface area (Å²) in [4.78, 5) is 8.33. The van der Waals surface area contributed by atoms with Gasteiger partial charge in [-0.3, -0.25) is 0 Å². The number of hydrogen-bond donors (Lipinski definition) is 0. The maximum absolute atomic E-state index is 8.33. The molecule has 0 unspecified atom stereocenters. The summed E-state index contributed by atoms with van der Waals surface area (Å²) in [7, 11) is 0. The van der Waals surface area contributed by atoms with Gasteiger partial charge in [-0.2, -0.15) is 0 Å². The first kappa shape index (κ1) is 16.6. The van der Waals surface area contributed by atoms with Crippen LogP contribution in [0.2, 0.25) is 0 Å². The van der Waals surface area contributed by atoms with E-state index in [0.29, 0.717) is 0 Å². The Morgan fingerprint density at radius 3 is 1.33 bits per heavy atom. The van der Waals surface area contributed by atoms with E-state index in [-0.39, 0.29) is 28.3 Å². The van der Waals surface area contributed by atoms with E-state index in [1.807, 2.05) is 0 Å². The van der Waals surface area contributed by atoms with Gasteiger partial charge in [0, 0.05) is 0 Å². The van der Waals surface area contributed by atoms with Gasteiger partial charge in [0.2, 0.25) is 0 Å². The van der Waals surface area contributed by atoms with Gasteiger partial charge in [0.25, 0.3) is 0 Å². The van der Waals surface area contributed by atoms with Crippen LogP contribution in [0.4, 0.5) is 4.79 Å². The van der Waals surface area contributed by atoms with Crippen LogP contribution in [0.25, 0.3) is 0 Å². The Hall–Kier alpha value is 0.0194. The zero-order valence-electron chi connectivity index (χ0n) is 2.80. The van der Waals surface area contributed by atoms with Gasteiger partial charge in [-0.15, -0.1) is 0 Å². The van der Waals surface area contributed by atoms with Crippen molar-refractivity contribution in [3.8, 4) is 0 Å². The normalized spacial score (nSPS) is 4.00. The molecule has 3 nitrogen and oxygen atoms in total. The Kier molecular flexibility index (Phi) is 24.7. The summed E-state index contributed by atoms with van der Waals surface area (Å²) in [6.45, 7) is 0. The summed E-state index contributed by atoms with van der Waals surface area (Å²) < 4.78 is 0. The van der Waals surface area contributed by atoms with Crippen LogP contribution in [-0.2, 0) is 0 Å². The molecule has 0 spiro atoms. The second-order valence-corrected chi connectivity index (χ2v) is 0.250. The summed E-state index contributed by atoms with van der Waals surface area (Å²) in [5.74, 6) is 0. The molecule has 0 aromatic rings. The quantitative estimate of drug-likeness (QED) is 0.312. The summed E-state index contributed by atoms with van der Waals surface area (Å²) in [5, 5.41) is 16.7. The Balaban J connectivity index is -0.0000000450. The van der Waals surface area contributed by atoms with E-state index in [2.05, 4.69) is 0 Å². The first-order chi connectivity index (χ1) is 1.73. The monoisotopic (exact) mass is 115 g/mol. The molecule has 24 valence electrons. The summed E-state index contributed by atoms with van der Waals surface area (Å²) in [6, 6.07) is 0. The molecule has 0 aliphatic rings. The van der Waals surface area contributed by atoms with E-state index in [9.17, 15) is 0 Å². The van der Waals surface area contributed by atoms with Crippen LogP contribution in [0.1, 0.15) is 0 Å². The third kappa shape index (κ3) is 97900. The first-order valence-corrected chi connectivity index (χ1v) is 0.612. The predicted octanol–water partition coefficient (Wildman–Crippen LogP) is -3.21. The molecule has 6 heavy (non-hydrogen) atoms. The summed E-state index contributed by atoms with van der Waals surface area (Å²) >= 11 is 0. The number of hydrogen-bond acceptors (Lipinski definition) is 3. The Bertz CT molecular complexity index is 33.8. The molecule has 0 amide bonds. The fourth-order valence-electron chi connectivity index (χ4n) is 0. The minimum atomic E-state index is -2.33. The molecule has 0 atom stereocenters. The van der Waals surface area contributed by atoms with Crippen LogP contribution in [0, 0.1) is 0 Å². The number of carboxylic acid groups (broad SMARTS) is 2. The second kappa shape index (κ2) is 8.89. The molecule has 0 fully saturated rings. The van der Waals surface area contributed by atoms with Gasteiger partial charge < -0.3 is 15.0 Å². The van der Waals surface area contributed by atoms with Crippen molar-refractivity contribution in [2.45, 2.75) is 0 Å². The molecular formula is CAlO3Si+5. The SMILES string of the molecule is O=C([O-])[O-].[Al+3].[Si+4]. The van der Waals surface area contributed by atoms with Gasteiger partial charge in [-0.1, -0.05) is 0 Å². The van der Waals surface area contributed by atoms with Crippen LogP contribution in [0.5, 0.6) is 0 Å². The minimum absolute atomic E-state index is 0. The second-order valence-electron chi connectivity index (χ2n) is 0.250. The van der Waals surface area contributed by atoms with Crippen molar-refractivity contribution >= 4 is 34.5 Å². The van der Waals surface area contributed by atoms with Crippen molar-refractivity contribution in [2.24, 2.45) is 0 Å². The number of carbonyl (C=O) groups is 1. The Morgan fingerprint density at radius 2 is 1.33 bits per heavy atom. The van der Waals surface area contributed by atoms with Gasteiger partial charge in [0.1, 0.15) is 0 Å². The van der Waals surface area contributed by atoms with Crippen LogP contribution < -0.4 is 10.2 Å². The third-order valence-electron chi connectivity index (χ3n) is 0. The zero-order chi connectivity index (χ0) is 3.58. The fraction of sp³-hybridized carbons (Fsp3) is 0. The van der Waals surface area contributed by atoms with Crippen molar-refractivity contribution < 1.29 is 15.0 Å². The molecule has 0 aromatic heterocycles. The molecule has 0 saturated carbocycles. The van der Waals surface area contributed by atoms with Crippen molar-refractivity contribution in [3.05, 3.63) is 0 Å². The van der Waals surface area contributed by atoms with Gasteiger partial charge in [0.05, 0.1) is 0 Å². The zero-order valence-corrected chi connectivity index (χ0v) is 4.96. The molecule has 0 saturated heterocycles. The van der Waals surface area contributed by atoms with Crippen LogP contribution in [0.15, 0.2) is 0 Å². The molecule has 0 aliphatic carbocycles. The van der Waals surface area contributed by atoms with Crippen molar-refractivity contribution in [2.75, 3.05) is 0 Å². The summed E-state index contributed by atoms with van der Waals surface area (Å²) in [5.41, 5.74) is 0. The molecule has 0 aromatic carbocycles. The molecular weight excluding hydrogens is 115 g/mol. The van der Waals surface area contributed by atoms with Gasteiger partial charge in [-0.05, 0) is 6.16 Å². The number of carbonyl (C=O) groups excluding carboxylic acids is 1. The van der Waals surface area contributed by atoms with Gasteiger partial charge >= 0.3 is 28.3 Å². The van der Waals surface area contributed by atoms with E-state index in [0.717, 1.165) is 0 Å². The van der Waals surface area contributed by atoms with E-state index >= 15 is 0 Å². The van der Waals surface area contributed by atoms with Gasteiger partial charge in [0.15, 0.2) is 0 Å². The van der Waals surface area contributed by atoms with Crippen LogP contribution in [-0.4, -0.2) is 34.5 Å². The molecule has 0 radical (unpaired) electrons. The van der Waals surface area contributed by atoms with Crippen LogP contribution in [0.3, 0.4) is 0 Å². The van der Waals surface area contributed by atoms with Crippen molar-refractivity contribution in [3.63, 3.8) is 0 Å². The average molecular weight is 115 g/mol.